The molecule has 0 bridgehead atoms. The Bertz CT molecular complexity index is 1230. The Morgan fingerprint density at radius 1 is 0.967 bits per heavy atom. The first-order valence-electron chi connectivity index (χ1n) is 11.4. The lowest BCUT2D eigenvalue weighted by Crippen LogP contribution is -2.31. The van der Waals surface area contributed by atoms with Crippen LogP contribution in [0, 0.1) is 6.92 Å². The predicted octanol–water partition coefficient (Wildman–Crippen LogP) is 6.95. The maximum atomic E-state index is 6.46. The van der Waals surface area contributed by atoms with Gasteiger partial charge in [-0.1, -0.05) is 45.2 Å². The van der Waals surface area contributed by atoms with Crippen LogP contribution < -0.4 is 4.57 Å². The zero-order valence-electron chi connectivity index (χ0n) is 18.5. The van der Waals surface area contributed by atoms with E-state index in [0.29, 0.717) is 11.8 Å². The molecule has 0 unspecified atom stereocenters. The largest absolute Gasteiger partial charge is 0.437 e. The standard InChI is InChI=1S/C27H31N2O/c1-17(2)20-11-15-24(29(4)16-20)25-18(3)10-12-21-22-13-14-23(19-8-6-5-7-9-19)28-27(22)30-26(21)25/h10-17,19H,5-9H2,1-4H3/q+1. The van der Waals surface area contributed by atoms with E-state index in [2.05, 4.69) is 75.0 Å². The number of pyridine rings is 2. The highest BCUT2D eigenvalue weighted by molar-refractivity contribution is 6.08. The first-order chi connectivity index (χ1) is 14.5. The third-order valence-corrected chi connectivity index (χ3v) is 6.84. The topological polar surface area (TPSA) is 29.9 Å². The van der Waals surface area contributed by atoms with Crippen LogP contribution in [0.2, 0.25) is 0 Å². The molecule has 3 aromatic heterocycles. The number of hydrogen-bond donors (Lipinski definition) is 0. The first kappa shape index (κ1) is 19.3. The summed E-state index contributed by atoms with van der Waals surface area (Å²) in [6, 6.07) is 13.3. The highest BCUT2D eigenvalue weighted by Crippen LogP contribution is 2.38. The van der Waals surface area contributed by atoms with E-state index in [4.69, 9.17) is 9.40 Å². The summed E-state index contributed by atoms with van der Waals surface area (Å²) in [6.07, 6.45) is 8.73. The molecule has 3 heterocycles. The summed E-state index contributed by atoms with van der Waals surface area (Å²) in [5.74, 6) is 1.09. The molecule has 0 saturated heterocycles. The first-order valence-corrected chi connectivity index (χ1v) is 11.4. The summed E-state index contributed by atoms with van der Waals surface area (Å²) >= 11 is 0. The fourth-order valence-corrected chi connectivity index (χ4v) is 5.01. The lowest BCUT2D eigenvalue weighted by Gasteiger charge is -2.20. The molecule has 0 radical (unpaired) electrons. The van der Waals surface area contributed by atoms with Crippen molar-refractivity contribution in [2.75, 3.05) is 0 Å². The lowest BCUT2D eigenvalue weighted by atomic mass is 9.86. The van der Waals surface area contributed by atoms with Crippen LogP contribution in [0.25, 0.3) is 33.3 Å². The van der Waals surface area contributed by atoms with Gasteiger partial charge in [0, 0.05) is 34.0 Å². The van der Waals surface area contributed by atoms with Gasteiger partial charge in [-0.15, -0.1) is 0 Å². The van der Waals surface area contributed by atoms with Gasteiger partial charge in [-0.2, -0.15) is 0 Å². The van der Waals surface area contributed by atoms with Gasteiger partial charge in [0.15, 0.2) is 11.8 Å². The molecule has 0 N–H and O–H groups in total. The van der Waals surface area contributed by atoms with Crippen LogP contribution in [0.5, 0.6) is 0 Å². The van der Waals surface area contributed by atoms with E-state index in [1.807, 2.05) is 0 Å². The van der Waals surface area contributed by atoms with Gasteiger partial charge in [0.05, 0.1) is 5.56 Å². The van der Waals surface area contributed by atoms with Gasteiger partial charge in [0.1, 0.15) is 7.05 Å². The Hall–Kier alpha value is -2.68. The van der Waals surface area contributed by atoms with Crippen molar-refractivity contribution in [1.29, 1.82) is 0 Å². The highest BCUT2D eigenvalue weighted by Gasteiger charge is 2.23. The summed E-state index contributed by atoms with van der Waals surface area (Å²) in [5.41, 5.74) is 7.84. The summed E-state index contributed by atoms with van der Waals surface area (Å²) in [4.78, 5) is 4.99. The summed E-state index contributed by atoms with van der Waals surface area (Å²) in [7, 11) is 2.13. The zero-order valence-corrected chi connectivity index (χ0v) is 18.5. The van der Waals surface area contributed by atoms with Crippen molar-refractivity contribution in [2.24, 2.45) is 7.05 Å². The fourth-order valence-electron chi connectivity index (χ4n) is 5.01. The number of aryl methyl sites for hydroxylation is 2. The molecule has 1 fully saturated rings. The van der Waals surface area contributed by atoms with Gasteiger partial charge in [0.25, 0.3) is 0 Å². The van der Waals surface area contributed by atoms with Crippen molar-refractivity contribution in [3.8, 4) is 11.3 Å². The molecule has 0 aliphatic heterocycles. The van der Waals surface area contributed by atoms with Gasteiger partial charge >= 0.3 is 0 Å². The van der Waals surface area contributed by atoms with Crippen LogP contribution in [0.4, 0.5) is 0 Å². The molecule has 0 spiro atoms. The predicted molar refractivity (Wildman–Crippen MR) is 123 cm³/mol. The molecule has 3 heteroatoms. The van der Waals surface area contributed by atoms with Gasteiger partial charge in [0.2, 0.25) is 11.4 Å². The normalized spacial score (nSPS) is 15.5. The average molecular weight is 400 g/mol. The molecule has 5 rings (SSSR count). The Morgan fingerprint density at radius 2 is 1.73 bits per heavy atom. The minimum absolute atomic E-state index is 0.510. The molecular formula is C27H31N2O+. The van der Waals surface area contributed by atoms with E-state index in [9.17, 15) is 0 Å². The zero-order chi connectivity index (χ0) is 20.8. The summed E-state index contributed by atoms with van der Waals surface area (Å²) in [5, 5.41) is 2.27. The maximum Gasteiger partial charge on any atom is 0.227 e. The fraction of sp³-hybridized carbons (Fsp3) is 0.407. The number of rotatable bonds is 3. The molecule has 30 heavy (non-hydrogen) atoms. The van der Waals surface area contributed by atoms with Crippen molar-refractivity contribution in [2.45, 2.75) is 64.7 Å². The van der Waals surface area contributed by atoms with Crippen LogP contribution in [-0.4, -0.2) is 4.98 Å². The van der Waals surface area contributed by atoms with Crippen LogP contribution in [0.15, 0.2) is 47.0 Å². The van der Waals surface area contributed by atoms with Crippen molar-refractivity contribution < 1.29 is 8.98 Å². The number of aromatic nitrogens is 2. The molecule has 4 aromatic rings. The molecule has 3 nitrogen and oxygen atoms in total. The number of fused-ring (bicyclic) bond motifs is 3. The van der Waals surface area contributed by atoms with Gasteiger partial charge in [-0.05, 0) is 49.4 Å². The highest BCUT2D eigenvalue weighted by atomic mass is 16.3. The number of furan rings is 1. The third-order valence-electron chi connectivity index (χ3n) is 6.84. The van der Waals surface area contributed by atoms with Crippen LogP contribution in [0.1, 0.15) is 74.6 Å². The van der Waals surface area contributed by atoms with E-state index in [1.54, 1.807) is 0 Å². The summed E-state index contributed by atoms with van der Waals surface area (Å²) in [6.45, 7) is 6.63. The summed E-state index contributed by atoms with van der Waals surface area (Å²) < 4.78 is 8.69. The molecule has 0 amide bonds. The van der Waals surface area contributed by atoms with Crippen molar-refractivity contribution in [3.63, 3.8) is 0 Å². The Kier molecular flexibility index (Phi) is 4.85. The van der Waals surface area contributed by atoms with Crippen molar-refractivity contribution in [3.05, 3.63) is 59.4 Å². The van der Waals surface area contributed by atoms with Crippen LogP contribution in [0.3, 0.4) is 0 Å². The van der Waals surface area contributed by atoms with E-state index < -0.39 is 0 Å². The monoisotopic (exact) mass is 399 g/mol. The second kappa shape index (κ2) is 7.54. The van der Waals surface area contributed by atoms with Crippen molar-refractivity contribution >= 4 is 22.1 Å². The van der Waals surface area contributed by atoms with Gasteiger partial charge in [-0.3, -0.25) is 0 Å². The number of hydrogen-bond acceptors (Lipinski definition) is 2. The molecule has 1 aromatic carbocycles. The minimum atomic E-state index is 0.510. The van der Waals surface area contributed by atoms with Gasteiger partial charge < -0.3 is 4.42 Å². The quantitative estimate of drug-likeness (QED) is 0.349. The SMILES string of the molecule is Cc1ccc2c(oc3nc(C4CCCCC4)ccc32)c1-c1ccc(C(C)C)c[n+]1C. The van der Waals surface area contributed by atoms with E-state index >= 15 is 0 Å². The lowest BCUT2D eigenvalue weighted by molar-refractivity contribution is -0.660. The average Bonchev–Trinajstić information content (AvgIpc) is 3.12. The van der Waals surface area contributed by atoms with Crippen LogP contribution in [-0.2, 0) is 7.05 Å². The second-order valence-corrected chi connectivity index (χ2v) is 9.27. The minimum Gasteiger partial charge on any atom is -0.437 e. The van der Waals surface area contributed by atoms with Crippen molar-refractivity contribution in [1.82, 2.24) is 4.98 Å². The van der Waals surface area contributed by atoms with E-state index in [0.717, 1.165) is 22.1 Å². The molecular weight excluding hydrogens is 368 g/mol. The third kappa shape index (κ3) is 3.21. The number of nitrogens with zero attached hydrogens (tertiary/aromatic N) is 2. The van der Waals surface area contributed by atoms with Crippen LogP contribution >= 0.6 is 0 Å². The Labute approximate surface area is 178 Å². The number of benzene rings is 1. The van der Waals surface area contributed by atoms with E-state index in [-0.39, 0.29) is 0 Å². The molecule has 0 atom stereocenters. The molecule has 154 valence electrons. The smallest absolute Gasteiger partial charge is 0.227 e. The molecule has 1 aliphatic rings. The Morgan fingerprint density at radius 3 is 2.47 bits per heavy atom. The van der Waals surface area contributed by atoms with E-state index in [1.165, 1.54) is 60.2 Å². The Balaban J connectivity index is 1.68. The molecule has 1 aliphatic carbocycles. The molecule has 1 saturated carbocycles. The maximum absolute atomic E-state index is 6.46. The second-order valence-electron chi connectivity index (χ2n) is 9.27. The van der Waals surface area contributed by atoms with Gasteiger partial charge in [-0.25, -0.2) is 9.55 Å².